The molecule has 1 aliphatic rings. The summed E-state index contributed by atoms with van der Waals surface area (Å²) in [6, 6.07) is 19.7. The summed E-state index contributed by atoms with van der Waals surface area (Å²) in [4.78, 5) is 28.7. The Morgan fingerprint density at radius 1 is 0.946 bits per heavy atom. The molecule has 0 radical (unpaired) electrons. The van der Waals surface area contributed by atoms with Crippen molar-refractivity contribution >= 4 is 35.0 Å². The van der Waals surface area contributed by atoms with E-state index in [1.807, 2.05) is 30.3 Å². The third kappa shape index (κ3) is 7.24. The van der Waals surface area contributed by atoms with Gasteiger partial charge in [0.2, 0.25) is 5.91 Å². The van der Waals surface area contributed by atoms with Crippen molar-refractivity contribution in [2.45, 2.75) is 50.7 Å². The van der Waals surface area contributed by atoms with E-state index in [9.17, 15) is 14.0 Å². The number of nitrogens with zero attached hydrogens (tertiary/aromatic N) is 1. The Morgan fingerprint density at radius 2 is 1.59 bits per heavy atom. The van der Waals surface area contributed by atoms with Crippen molar-refractivity contribution in [3.8, 4) is 5.75 Å². The lowest BCUT2D eigenvalue weighted by molar-refractivity contribution is -0.143. The zero-order chi connectivity index (χ0) is 26.2. The van der Waals surface area contributed by atoms with Gasteiger partial charge in [0.1, 0.15) is 6.04 Å². The number of hydrogen-bond donors (Lipinski definition) is 1. The third-order valence-corrected chi connectivity index (χ3v) is 7.26. The SMILES string of the molecule is O=C(NC1CCCC1)C(Cc1ccccc1)N(Cc1c(Cl)cccc1Cl)C(=O)COc1ccccc1F. The Balaban J connectivity index is 1.66. The van der Waals surface area contributed by atoms with Crippen molar-refractivity contribution in [1.82, 2.24) is 10.2 Å². The predicted molar refractivity (Wildman–Crippen MR) is 143 cm³/mol. The maximum Gasteiger partial charge on any atom is 0.261 e. The first-order valence-corrected chi connectivity index (χ1v) is 13.1. The van der Waals surface area contributed by atoms with Gasteiger partial charge in [-0.15, -0.1) is 0 Å². The summed E-state index contributed by atoms with van der Waals surface area (Å²) in [6.45, 7) is -0.460. The summed E-state index contributed by atoms with van der Waals surface area (Å²) >= 11 is 12.9. The summed E-state index contributed by atoms with van der Waals surface area (Å²) in [5.74, 6) is -1.35. The molecule has 0 spiro atoms. The van der Waals surface area contributed by atoms with E-state index < -0.39 is 24.4 Å². The second kappa shape index (κ2) is 12.9. The molecule has 0 aliphatic heterocycles. The Kier molecular flexibility index (Phi) is 9.42. The normalized spacial score (nSPS) is 14.2. The van der Waals surface area contributed by atoms with Crippen molar-refractivity contribution in [1.29, 1.82) is 0 Å². The van der Waals surface area contributed by atoms with Crippen LogP contribution in [0.4, 0.5) is 4.39 Å². The molecule has 8 heteroatoms. The number of carbonyl (C=O) groups is 2. The lowest BCUT2D eigenvalue weighted by atomic mass is 10.0. The van der Waals surface area contributed by atoms with Crippen LogP contribution in [0.25, 0.3) is 0 Å². The van der Waals surface area contributed by atoms with Crippen LogP contribution in [0.2, 0.25) is 10.0 Å². The zero-order valence-corrected chi connectivity index (χ0v) is 21.9. The van der Waals surface area contributed by atoms with Gasteiger partial charge in [0.15, 0.2) is 18.2 Å². The highest BCUT2D eigenvalue weighted by Crippen LogP contribution is 2.28. The van der Waals surface area contributed by atoms with Crippen LogP contribution >= 0.6 is 23.2 Å². The number of halogens is 3. The van der Waals surface area contributed by atoms with Gasteiger partial charge in [-0.05, 0) is 42.7 Å². The minimum atomic E-state index is -0.855. The molecule has 2 amide bonds. The fourth-order valence-electron chi connectivity index (χ4n) is 4.56. The number of amides is 2. The fraction of sp³-hybridized carbons (Fsp3) is 0.310. The lowest BCUT2D eigenvalue weighted by Crippen LogP contribution is -2.53. The van der Waals surface area contributed by atoms with E-state index in [2.05, 4.69) is 5.32 Å². The monoisotopic (exact) mass is 542 g/mol. The maximum absolute atomic E-state index is 14.1. The highest BCUT2D eigenvalue weighted by atomic mass is 35.5. The molecule has 1 atom stereocenters. The average Bonchev–Trinajstić information content (AvgIpc) is 3.40. The topological polar surface area (TPSA) is 58.6 Å². The summed E-state index contributed by atoms with van der Waals surface area (Å²) < 4.78 is 19.7. The van der Waals surface area contributed by atoms with Crippen LogP contribution in [0.15, 0.2) is 72.8 Å². The minimum Gasteiger partial charge on any atom is -0.481 e. The molecule has 1 unspecified atom stereocenters. The maximum atomic E-state index is 14.1. The first-order valence-electron chi connectivity index (χ1n) is 12.4. The third-order valence-electron chi connectivity index (χ3n) is 6.55. The molecule has 1 fully saturated rings. The van der Waals surface area contributed by atoms with Gasteiger partial charge in [0, 0.05) is 34.6 Å². The summed E-state index contributed by atoms with van der Waals surface area (Å²) in [5, 5.41) is 3.90. The summed E-state index contributed by atoms with van der Waals surface area (Å²) in [6.07, 6.45) is 4.22. The zero-order valence-electron chi connectivity index (χ0n) is 20.3. The van der Waals surface area contributed by atoms with Crippen LogP contribution in [0, 0.1) is 5.82 Å². The standard InChI is InChI=1S/C29H29Cl2FN2O3/c30-23-13-8-14-24(31)22(23)18-34(28(35)19-37-27-16-7-6-15-25(27)32)26(17-20-9-2-1-3-10-20)29(36)33-21-11-4-5-12-21/h1-3,6-10,13-16,21,26H,4-5,11-12,17-19H2,(H,33,36). The van der Waals surface area contributed by atoms with Gasteiger partial charge in [0.25, 0.3) is 5.91 Å². The van der Waals surface area contributed by atoms with E-state index in [4.69, 9.17) is 27.9 Å². The summed E-state index contributed by atoms with van der Waals surface area (Å²) in [5.41, 5.74) is 1.42. The molecule has 4 rings (SSSR count). The molecule has 0 heterocycles. The van der Waals surface area contributed by atoms with Crippen LogP contribution < -0.4 is 10.1 Å². The molecule has 0 aromatic heterocycles. The van der Waals surface area contributed by atoms with Gasteiger partial charge in [-0.2, -0.15) is 0 Å². The van der Waals surface area contributed by atoms with Crippen molar-refractivity contribution in [2.75, 3.05) is 6.61 Å². The first kappa shape index (κ1) is 27.0. The second-order valence-electron chi connectivity index (χ2n) is 9.14. The van der Waals surface area contributed by atoms with Crippen molar-refractivity contribution < 1.29 is 18.7 Å². The molecular weight excluding hydrogens is 514 g/mol. The van der Waals surface area contributed by atoms with Gasteiger partial charge < -0.3 is 15.0 Å². The van der Waals surface area contributed by atoms with E-state index in [1.165, 1.54) is 17.0 Å². The second-order valence-corrected chi connectivity index (χ2v) is 9.95. The molecule has 1 aliphatic carbocycles. The lowest BCUT2D eigenvalue weighted by Gasteiger charge is -2.32. The smallest absolute Gasteiger partial charge is 0.261 e. The van der Waals surface area contributed by atoms with Crippen LogP contribution in [-0.4, -0.2) is 35.4 Å². The number of para-hydroxylation sites is 1. The van der Waals surface area contributed by atoms with E-state index >= 15 is 0 Å². The molecule has 1 saturated carbocycles. The average molecular weight is 543 g/mol. The molecular formula is C29H29Cl2FN2O3. The molecule has 1 N–H and O–H groups in total. The number of nitrogens with one attached hydrogen (secondary N) is 1. The molecule has 0 saturated heterocycles. The van der Waals surface area contributed by atoms with Gasteiger partial charge >= 0.3 is 0 Å². The predicted octanol–water partition coefficient (Wildman–Crippen LogP) is 6.21. The molecule has 5 nitrogen and oxygen atoms in total. The van der Waals surface area contributed by atoms with E-state index in [-0.39, 0.29) is 30.7 Å². The Morgan fingerprint density at radius 3 is 2.27 bits per heavy atom. The van der Waals surface area contributed by atoms with Gasteiger partial charge in [-0.25, -0.2) is 4.39 Å². The molecule has 3 aromatic rings. The van der Waals surface area contributed by atoms with Crippen LogP contribution in [0.3, 0.4) is 0 Å². The fourth-order valence-corrected chi connectivity index (χ4v) is 5.08. The largest absolute Gasteiger partial charge is 0.481 e. The Labute approximate surface area is 226 Å². The number of carbonyl (C=O) groups excluding carboxylic acids is 2. The van der Waals surface area contributed by atoms with Gasteiger partial charge in [-0.3, -0.25) is 9.59 Å². The van der Waals surface area contributed by atoms with Crippen molar-refractivity contribution in [2.24, 2.45) is 0 Å². The van der Waals surface area contributed by atoms with Crippen molar-refractivity contribution in [3.63, 3.8) is 0 Å². The van der Waals surface area contributed by atoms with E-state index in [0.29, 0.717) is 15.6 Å². The molecule has 37 heavy (non-hydrogen) atoms. The molecule has 194 valence electrons. The number of hydrogen-bond acceptors (Lipinski definition) is 3. The number of rotatable bonds is 10. The van der Waals surface area contributed by atoms with Gasteiger partial charge in [0.05, 0.1) is 0 Å². The Hall–Kier alpha value is -3.09. The van der Waals surface area contributed by atoms with Crippen LogP contribution in [-0.2, 0) is 22.6 Å². The highest BCUT2D eigenvalue weighted by Gasteiger charge is 2.33. The quantitative estimate of drug-likeness (QED) is 0.331. The van der Waals surface area contributed by atoms with Crippen molar-refractivity contribution in [3.05, 3.63) is 99.8 Å². The number of benzene rings is 3. The van der Waals surface area contributed by atoms with Crippen LogP contribution in [0.5, 0.6) is 5.75 Å². The number of ether oxygens (including phenoxy) is 1. The Bertz CT molecular complexity index is 1200. The molecule has 3 aromatic carbocycles. The highest BCUT2D eigenvalue weighted by molar-refractivity contribution is 6.36. The summed E-state index contributed by atoms with van der Waals surface area (Å²) in [7, 11) is 0. The van der Waals surface area contributed by atoms with E-state index in [1.54, 1.807) is 30.3 Å². The minimum absolute atomic E-state index is 0.00639. The first-order chi connectivity index (χ1) is 17.9. The van der Waals surface area contributed by atoms with Gasteiger partial charge in [-0.1, -0.05) is 84.6 Å². The van der Waals surface area contributed by atoms with Crippen LogP contribution in [0.1, 0.15) is 36.8 Å². The van der Waals surface area contributed by atoms with E-state index in [0.717, 1.165) is 31.2 Å². The molecule has 0 bridgehead atoms.